The standard InChI is InChI=1S/C10H13N5O2/c16-4-6-1-2-7(3-6)15-9-8(13-14-15)10(17)12-5-11-9/h5-7,16H,1-4H2,(H,11,12,17)/t6-,7+/m1/s1. The summed E-state index contributed by atoms with van der Waals surface area (Å²) in [7, 11) is 0. The van der Waals surface area contributed by atoms with Crippen molar-refractivity contribution in [3.63, 3.8) is 0 Å². The smallest absolute Gasteiger partial charge is 0.244 e. The summed E-state index contributed by atoms with van der Waals surface area (Å²) in [4.78, 5) is 7.77. The van der Waals surface area contributed by atoms with Gasteiger partial charge in [0.1, 0.15) is 6.33 Å². The van der Waals surface area contributed by atoms with E-state index in [1.165, 1.54) is 6.33 Å². The summed E-state index contributed by atoms with van der Waals surface area (Å²) < 4.78 is 1.73. The van der Waals surface area contributed by atoms with Crippen LogP contribution in [0.4, 0.5) is 0 Å². The number of aromatic nitrogens is 5. The molecular formula is C10H13N5O2. The van der Waals surface area contributed by atoms with Gasteiger partial charge in [-0.2, -0.15) is 4.98 Å². The Hall–Kier alpha value is -1.76. The number of hydrogen-bond acceptors (Lipinski definition) is 6. The molecule has 0 aromatic carbocycles. The predicted octanol–water partition coefficient (Wildman–Crippen LogP) is 0.260. The topological polar surface area (TPSA) is 97.0 Å². The largest absolute Gasteiger partial charge is 0.492 e. The lowest BCUT2D eigenvalue weighted by atomic mass is 10.1. The molecular weight excluding hydrogens is 222 g/mol. The number of aromatic hydroxyl groups is 1. The Morgan fingerprint density at radius 3 is 3.00 bits per heavy atom. The highest BCUT2D eigenvalue weighted by atomic mass is 16.3. The predicted molar refractivity (Wildman–Crippen MR) is 58.2 cm³/mol. The van der Waals surface area contributed by atoms with Gasteiger partial charge in [-0.1, -0.05) is 5.21 Å². The first-order chi connectivity index (χ1) is 8.29. The third kappa shape index (κ3) is 1.62. The van der Waals surface area contributed by atoms with Crippen LogP contribution < -0.4 is 0 Å². The molecule has 2 aromatic heterocycles. The van der Waals surface area contributed by atoms with Crippen molar-refractivity contribution < 1.29 is 10.2 Å². The van der Waals surface area contributed by atoms with E-state index < -0.39 is 0 Å². The minimum absolute atomic E-state index is 0.141. The lowest BCUT2D eigenvalue weighted by molar-refractivity contribution is 0.225. The van der Waals surface area contributed by atoms with Crippen LogP contribution in [0.5, 0.6) is 5.88 Å². The van der Waals surface area contributed by atoms with Crippen molar-refractivity contribution in [2.45, 2.75) is 25.3 Å². The van der Waals surface area contributed by atoms with E-state index in [0.717, 1.165) is 19.3 Å². The van der Waals surface area contributed by atoms with Crippen molar-refractivity contribution in [3.05, 3.63) is 6.33 Å². The van der Waals surface area contributed by atoms with E-state index in [1.807, 2.05) is 0 Å². The van der Waals surface area contributed by atoms with Crippen LogP contribution >= 0.6 is 0 Å². The average Bonchev–Trinajstić information content (AvgIpc) is 2.94. The molecule has 90 valence electrons. The van der Waals surface area contributed by atoms with Crippen LogP contribution in [0, 0.1) is 5.92 Å². The number of rotatable bonds is 2. The van der Waals surface area contributed by atoms with Crippen molar-refractivity contribution in [2.75, 3.05) is 6.61 Å². The minimum atomic E-state index is -0.141. The Morgan fingerprint density at radius 2 is 2.24 bits per heavy atom. The minimum Gasteiger partial charge on any atom is -0.492 e. The molecule has 7 heteroatoms. The molecule has 2 N–H and O–H groups in total. The van der Waals surface area contributed by atoms with Crippen molar-refractivity contribution in [3.8, 4) is 5.88 Å². The molecule has 0 bridgehead atoms. The lowest BCUT2D eigenvalue weighted by Crippen LogP contribution is -2.09. The van der Waals surface area contributed by atoms with Crippen molar-refractivity contribution in [1.29, 1.82) is 0 Å². The van der Waals surface area contributed by atoms with E-state index in [1.54, 1.807) is 4.68 Å². The first kappa shape index (κ1) is 10.4. The fourth-order valence-corrected chi connectivity index (χ4v) is 2.44. The lowest BCUT2D eigenvalue weighted by Gasteiger charge is -2.09. The number of nitrogens with zero attached hydrogens (tertiary/aromatic N) is 5. The first-order valence-corrected chi connectivity index (χ1v) is 5.65. The third-order valence-electron chi connectivity index (χ3n) is 3.36. The monoisotopic (exact) mass is 235 g/mol. The number of fused-ring (bicyclic) bond motifs is 1. The molecule has 0 radical (unpaired) electrons. The molecule has 17 heavy (non-hydrogen) atoms. The van der Waals surface area contributed by atoms with Crippen molar-refractivity contribution in [1.82, 2.24) is 25.0 Å². The molecule has 1 aliphatic carbocycles. The average molecular weight is 235 g/mol. The van der Waals surface area contributed by atoms with E-state index in [2.05, 4.69) is 20.3 Å². The Morgan fingerprint density at radius 1 is 1.35 bits per heavy atom. The fourth-order valence-electron chi connectivity index (χ4n) is 2.44. The molecule has 0 unspecified atom stereocenters. The molecule has 1 aliphatic rings. The third-order valence-corrected chi connectivity index (χ3v) is 3.36. The van der Waals surface area contributed by atoms with Crippen LogP contribution in [0.3, 0.4) is 0 Å². The van der Waals surface area contributed by atoms with Crippen LogP contribution in [0.2, 0.25) is 0 Å². The van der Waals surface area contributed by atoms with Gasteiger partial charge in [0.2, 0.25) is 5.88 Å². The normalized spacial score (nSPS) is 24.5. The van der Waals surface area contributed by atoms with Gasteiger partial charge >= 0.3 is 0 Å². The molecule has 0 amide bonds. The highest BCUT2D eigenvalue weighted by Gasteiger charge is 2.28. The van der Waals surface area contributed by atoms with Gasteiger partial charge in [-0.05, 0) is 25.2 Å². The maximum Gasteiger partial charge on any atom is 0.244 e. The van der Waals surface area contributed by atoms with Crippen LogP contribution in [-0.4, -0.2) is 41.8 Å². The Labute approximate surface area is 97.1 Å². The molecule has 0 saturated heterocycles. The second-order valence-electron chi connectivity index (χ2n) is 4.42. The Bertz CT molecular complexity index is 540. The molecule has 3 rings (SSSR count). The molecule has 2 heterocycles. The second-order valence-corrected chi connectivity index (χ2v) is 4.42. The molecule has 7 nitrogen and oxygen atoms in total. The first-order valence-electron chi connectivity index (χ1n) is 5.65. The van der Waals surface area contributed by atoms with Crippen LogP contribution in [0.1, 0.15) is 25.3 Å². The Kier molecular flexibility index (Phi) is 2.40. The van der Waals surface area contributed by atoms with E-state index in [9.17, 15) is 5.11 Å². The maximum absolute atomic E-state index is 9.52. The second kappa shape index (κ2) is 3.92. The van der Waals surface area contributed by atoms with Gasteiger partial charge in [0.15, 0.2) is 11.2 Å². The molecule has 2 atom stereocenters. The zero-order chi connectivity index (χ0) is 11.8. The fraction of sp³-hybridized carbons (Fsp3) is 0.600. The number of hydrogen-bond donors (Lipinski definition) is 2. The molecule has 1 saturated carbocycles. The molecule has 2 aromatic rings. The van der Waals surface area contributed by atoms with Crippen molar-refractivity contribution >= 4 is 11.2 Å². The Balaban J connectivity index is 1.99. The van der Waals surface area contributed by atoms with Crippen molar-refractivity contribution in [2.24, 2.45) is 5.92 Å². The summed E-state index contributed by atoms with van der Waals surface area (Å²) in [6, 6.07) is 0.200. The zero-order valence-corrected chi connectivity index (χ0v) is 9.19. The van der Waals surface area contributed by atoms with E-state index >= 15 is 0 Å². The van der Waals surface area contributed by atoms with Gasteiger partial charge in [0.05, 0.1) is 6.04 Å². The quantitative estimate of drug-likeness (QED) is 0.775. The zero-order valence-electron chi connectivity index (χ0n) is 9.19. The van der Waals surface area contributed by atoms with Crippen LogP contribution in [-0.2, 0) is 0 Å². The van der Waals surface area contributed by atoms with Gasteiger partial charge < -0.3 is 10.2 Å². The van der Waals surface area contributed by atoms with E-state index in [-0.39, 0.29) is 18.5 Å². The highest BCUT2D eigenvalue weighted by molar-refractivity contribution is 5.74. The van der Waals surface area contributed by atoms with Crippen LogP contribution in [0.25, 0.3) is 11.2 Å². The molecule has 0 aliphatic heterocycles. The van der Waals surface area contributed by atoms with Gasteiger partial charge in [-0.15, -0.1) is 5.10 Å². The molecule has 1 fully saturated rings. The van der Waals surface area contributed by atoms with E-state index in [4.69, 9.17) is 5.11 Å². The summed E-state index contributed by atoms with van der Waals surface area (Å²) in [6.07, 6.45) is 4.11. The summed E-state index contributed by atoms with van der Waals surface area (Å²) in [6.45, 7) is 0.212. The summed E-state index contributed by atoms with van der Waals surface area (Å²) in [5.74, 6) is 0.188. The summed E-state index contributed by atoms with van der Waals surface area (Å²) >= 11 is 0. The summed E-state index contributed by atoms with van der Waals surface area (Å²) in [5.41, 5.74) is 0.890. The highest BCUT2D eigenvalue weighted by Crippen LogP contribution is 2.35. The summed E-state index contributed by atoms with van der Waals surface area (Å²) in [5, 5.41) is 26.6. The van der Waals surface area contributed by atoms with Gasteiger partial charge in [0.25, 0.3) is 0 Å². The van der Waals surface area contributed by atoms with Gasteiger partial charge in [-0.3, -0.25) is 0 Å². The van der Waals surface area contributed by atoms with Crippen LogP contribution in [0.15, 0.2) is 6.33 Å². The van der Waals surface area contributed by atoms with Gasteiger partial charge in [-0.25, -0.2) is 9.67 Å². The number of aliphatic hydroxyl groups excluding tert-OH is 1. The maximum atomic E-state index is 9.52. The van der Waals surface area contributed by atoms with E-state index in [0.29, 0.717) is 17.1 Å². The molecule has 0 spiro atoms. The van der Waals surface area contributed by atoms with Gasteiger partial charge in [0, 0.05) is 6.61 Å². The number of aliphatic hydroxyl groups is 1. The SMILES string of the molecule is OC[C@@H]1CC[C@H](n2nnc3c(O)ncnc32)C1.